The highest BCUT2D eigenvalue weighted by atomic mass is 19.4. The van der Waals surface area contributed by atoms with Crippen LogP contribution in [-0.4, -0.2) is 33.9 Å². The fraction of sp³-hybridized carbons (Fsp3) is 0.429. The standard InChI is InChI=1S/C21H22F3N5O3/c1-12(15-8-17(21(22,23)24)19(31)25-9-15)32-28-18(30)14-4-6-29(7-5-14)20-26-10-16(11-27-20)13-2-3-13/h4,8-13H,2-3,5-7H2,1H3,(H,25,31)(H,28,30)/t12-/m0/s1. The van der Waals surface area contributed by atoms with Gasteiger partial charge in [-0.15, -0.1) is 0 Å². The number of hydrogen-bond acceptors (Lipinski definition) is 6. The summed E-state index contributed by atoms with van der Waals surface area (Å²) in [6, 6.07) is 0.710. The summed E-state index contributed by atoms with van der Waals surface area (Å²) >= 11 is 0. The molecule has 2 aromatic rings. The number of aromatic nitrogens is 3. The number of hydrogen-bond donors (Lipinski definition) is 2. The molecule has 1 atom stereocenters. The van der Waals surface area contributed by atoms with Gasteiger partial charge in [-0.3, -0.25) is 14.4 Å². The normalized spacial score (nSPS) is 17.6. The quantitative estimate of drug-likeness (QED) is 0.658. The molecule has 0 spiro atoms. The van der Waals surface area contributed by atoms with Crippen LogP contribution in [-0.2, 0) is 15.8 Å². The Labute approximate surface area is 181 Å². The molecule has 11 heteroatoms. The van der Waals surface area contributed by atoms with Crippen LogP contribution in [0.25, 0.3) is 0 Å². The highest BCUT2D eigenvalue weighted by Gasteiger charge is 2.34. The van der Waals surface area contributed by atoms with Crippen molar-refractivity contribution in [2.24, 2.45) is 0 Å². The topological polar surface area (TPSA) is 100 Å². The van der Waals surface area contributed by atoms with Crippen LogP contribution in [0.5, 0.6) is 0 Å². The molecule has 0 bridgehead atoms. The summed E-state index contributed by atoms with van der Waals surface area (Å²) in [5.74, 6) is 0.717. The molecule has 1 amide bonds. The smallest absolute Gasteiger partial charge is 0.337 e. The molecule has 1 saturated carbocycles. The van der Waals surface area contributed by atoms with E-state index >= 15 is 0 Å². The maximum atomic E-state index is 12.9. The number of nitrogens with zero attached hydrogens (tertiary/aromatic N) is 3. The molecule has 170 valence electrons. The average molecular weight is 449 g/mol. The predicted molar refractivity (Wildman–Crippen MR) is 109 cm³/mol. The minimum Gasteiger partial charge on any atom is -0.337 e. The number of halogens is 3. The van der Waals surface area contributed by atoms with Gasteiger partial charge in [0.05, 0.1) is 0 Å². The number of pyridine rings is 1. The minimum absolute atomic E-state index is 0.0767. The molecule has 3 heterocycles. The summed E-state index contributed by atoms with van der Waals surface area (Å²) in [6.07, 6.45) is 3.68. The first-order valence-corrected chi connectivity index (χ1v) is 10.2. The van der Waals surface area contributed by atoms with Gasteiger partial charge in [0.25, 0.3) is 11.5 Å². The van der Waals surface area contributed by atoms with E-state index in [1.165, 1.54) is 19.8 Å². The van der Waals surface area contributed by atoms with Crippen molar-refractivity contribution >= 4 is 11.9 Å². The number of anilines is 1. The van der Waals surface area contributed by atoms with Gasteiger partial charge in [-0.2, -0.15) is 13.2 Å². The van der Waals surface area contributed by atoms with Gasteiger partial charge in [0.15, 0.2) is 0 Å². The van der Waals surface area contributed by atoms with Crippen LogP contribution >= 0.6 is 0 Å². The number of hydroxylamine groups is 1. The van der Waals surface area contributed by atoms with E-state index in [0.717, 1.165) is 11.8 Å². The Morgan fingerprint density at radius 2 is 2.03 bits per heavy atom. The summed E-state index contributed by atoms with van der Waals surface area (Å²) in [7, 11) is 0. The third-order valence-corrected chi connectivity index (χ3v) is 5.52. The Kier molecular flexibility index (Phi) is 6.00. The van der Waals surface area contributed by atoms with E-state index in [9.17, 15) is 22.8 Å². The van der Waals surface area contributed by atoms with Crippen LogP contribution in [0.2, 0.25) is 0 Å². The number of nitrogens with one attached hydrogen (secondary N) is 2. The first-order chi connectivity index (χ1) is 15.2. The number of amides is 1. The zero-order chi connectivity index (χ0) is 22.9. The van der Waals surface area contributed by atoms with Gasteiger partial charge in [-0.05, 0) is 43.7 Å². The van der Waals surface area contributed by atoms with Crippen LogP contribution in [0.1, 0.15) is 54.9 Å². The molecular formula is C21H22F3N5O3. The second-order valence-electron chi connectivity index (χ2n) is 7.88. The van der Waals surface area contributed by atoms with Crippen LogP contribution in [0.15, 0.2) is 41.1 Å². The first-order valence-electron chi connectivity index (χ1n) is 10.2. The van der Waals surface area contributed by atoms with E-state index in [0.29, 0.717) is 43.0 Å². The molecule has 2 N–H and O–H groups in total. The van der Waals surface area contributed by atoms with Crippen molar-refractivity contribution in [3.8, 4) is 0 Å². The largest absolute Gasteiger partial charge is 0.421 e. The van der Waals surface area contributed by atoms with Crippen molar-refractivity contribution in [3.63, 3.8) is 0 Å². The second kappa shape index (κ2) is 8.73. The molecule has 2 aromatic heterocycles. The van der Waals surface area contributed by atoms with Gasteiger partial charge in [0.1, 0.15) is 11.7 Å². The summed E-state index contributed by atoms with van der Waals surface area (Å²) in [4.78, 5) is 41.8. The molecule has 0 radical (unpaired) electrons. The summed E-state index contributed by atoms with van der Waals surface area (Å²) in [6.45, 7) is 2.47. The number of carbonyl (C=O) groups excluding carboxylic acids is 1. The monoisotopic (exact) mass is 449 g/mol. The zero-order valence-corrected chi connectivity index (χ0v) is 17.3. The predicted octanol–water partition coefficient (Wildman–Crippen LogP) is 3.01. The van der Waals surface area contributed by atoms with E-state index in [2.05, 4.69) is 15.4 Å². The molecule has 1 aliphatic carbocycles. The average Bonchev–Trinajstić information content (AvgIpc) is 3.62. The van der Waals surface area contributed by atoms with E-state index in [1.807, 2.05) is 22.3 Å². The fourth-order valence-electron chi connectivity index (χ4n) is 3.40. The molecule has 4 rings (SSSR count). The minimum atomic E-state index is -4.78. The van der Waals surface area contributed by atoms with Crippen LogP contribution < -0.4 is 15.9 Å². The number of H-pyrrole nitrogens is 1. The van der Waals surface area contributed by atoms with Crippen molar-refractivity contribution in [1.82, 2.24) is 20.4 Å². The Balaban J connectivity index is 1.32. The molecule has 0 unspecified atom stereocenters. The summed E-state index contributed by atoms with van der Waals surface area (Å²) < 4.78 is 38.7. The van der Waals surface area contributed by atoms with E-state index in [4.69, 9.17) is 4.84 Å². The molecule has 1 fully saturated rings. The van der Waals surface area contributed by atoms with Crippen molar-refractivity contribution in [2.75, 3.05) is 18.0 Å². The SMILES string of the molecule is C[C@H](ONC(=O)C1=CCN(c2ncc(C3CC3)cn2)CC1)c1c[nH]c(=O)c(C(F)(F)F)c1. The number of alkyl halides is 3. The molecule has 0 aromatic carbocycles. The van der Waals surface area contributed by atoms with Crippen LogP contribution in [0.3, 0.4) is 0 Å². The summed E-state index contributed by atoms with van der Waals surface area (Å²) in [5.41, 5.74) is 1.45. The van der Waals surface area contributed by atoms with E-state index in [-0.39, 0.29) is 5.56 Å². The molecular weight excluding hydrogens is 427 g/mol. The van der Waals surface area contributed by atoms with Crippen LogP contribution in [0.4, 0.5) is 19.1 Å². The van der Waals surface area contributed by atoms with Crippen LogP contribution in [0, 0.1) is 0 Å². The van der Waals surface area contributed by atoms with E-state index < -0.39 is 29.3 Å². The number of aromatic amines is 1. The van der Waals surface area contributed by atoms with Gasteiger partial charge in [0, 0.05) is 42.8 Å². The Morgan fingerprint density at radius 3 is 2.62 bits per heavy atom. The lowest BCUT2D eigenvalue weighted by atomic mass is 10.1. The van der Waals surface area contributed by atoms with Crippen molar-refractivity contribution < 1.29 is 22.8 Å². The zero-order valence-electron chi connectivity index (χ0n) is 17.3. The molecule has 8 nitrogen and oxygen atoms in total. The van der Waals surface area contributed by atoms with Gasteiger partial charge < -0.3 is 9.88 Å². The third-order valence-electron chi connectivity index (χ3n) is 5.52. The third kappa shape index (κ3) is 4.98. The van der Waals surface area contributed by atoms with Crippen molar-refractivity contribution in [2.45, 2.75) is 44.4 Å². The Hall–Kier alpha value is -3.21. The second-order valence-corrected chi connectivity index (χ2v) is 7.88. The number of rotatable bonds is 6. The molecule has 2 aliphatic rings. The highest BCUT2D eigenvalue weighted by molar-refractivity contribution is 5.93. The van der Waals surface area contributed by atoms with Crippen molar-refractivity contribution in [3.05, 3.63) is 63.4 Å². The molecule has 0 saturated heterocycles. The first kappa shape index (κ1) is 22.0. The van der Waals surface area contributed by atoms with Gasteiger partial charge in [-0.25, -0.2) is 15.4 Å². The van der Waals surface area contributed by atoms with Gasteiger partial charge >= 0.3 is 6.18 Å². The Bertz CT molecular complexity index is 1080. The van der Waals surface area contributed by atoms with Gasteiger partial charge in [0.2, 0.25) is 5.95 Å². The summed E-state index contributed by atoms with van der Waals surface area (Å²) in [5, 5.41) is 0. The fourth-order valence-corrected chi connectivity index (χ4v) is 3.40. The lowest BCUT2D eigenvalue weighted by Gasteiger charge is -2.26. The lowest BCUT2D eigenvalue weighted by Crippen LogP contribution is -2.35. The molecule has 1 aliphatic heterocycles. The molecule has 32 heavy (non-hydrogen) atoms. The Morgan fingerprint density at radius 1 is 1.31 bits per heavy atom. The number of carbonyl (C=O) groups is 1. The van der Waals surface area contributed by atoms with Gasteiger partial charge in [-0.1, -0.05) is 6.08 Å². The highest BCUT2D eigenvalue weighted by Crippen LogP contribution is 2.39. The maximum Gasteiger partial charge on any atom is 0.421 e. The van der Waals surface area contributed by atoms with Crippen molar-refractivity contribution in [1.29, 1.82) is 0 Å². The maximum absolute atomic E-state index is 12.9. The van der Waals surface area contributed by atoms with E-state index in [1.54, 1.807) is 6.08 Å². The lowest BCUT2D eigenvalue weighted by molar-refractivity contribution is -0.139.